The van der Waals surface area contributed by atoms with E-state index in [1.54, 1.807) is 0 Å². The van der Waals surface area contributed by atoms with Crippen LogP contribution in [0.4, 0.5) is 5.69 Å². The molecule has 0 spiro atoms. The predicted octanol–water partition coefficient (Wildman–Crippen LogP) is 3.36. The van der Waals surface area contributed by atoms with Crippen LogP contribution in [0, 0.1) is 10.1 Å². The quantitative estimate of drug-likeness (QED) is 0.462. The Morgan fingerprint density at radius 1 is 1.39 bits per heavy atom. The number of carboxylic acids is 1. The number of hydrogen-bond donors (Lipinski definition) is 1. The van der Waals surface area contributed by atoms with Crippen LogP contribution < -0.4 is 4.74 Å². The van der Waals surface area contributed by atoms with E-state index in [1.165, 1.54) is 12.1 Å². The van der Waals surface area contributed by atoms with Gasteiger partial charge in [0.05, 0.1) is 20.5 Å². The van der Waals surface area contributed by atoms with Gasteiger partial charge in [0.1, 0.15) is 5.75 Å². The number of halogens is 2. The second-order valence-electron chi connectivity index (χ2n) is 3.34. The van der Waals surface area contributed by atoms with Gasteiger partial charge in [0.25, 0.3) is 5.69 Å². The van der Waals surface area contributed by atoms with Crippen LogP contribution in [0.5, 0.6) is 5.75 Å². The standard InChI is InChI=1S/C10H9Br2NO5/c11-7-4-6(13(16)17)5-8(12)10(7)18-3-1-2-9(14)15/h4-5H,1-3H2,(H,14,15). The molecular formula is C10H9Br2NO5. The van der Waals surface area contributed by atoms with Crippen LogP contribution in [-0.4, -0.2) is 22.6 Å². The number of nitro groups is 1. The third kappa shape index (κ3) is 4.26. The Morgan fingerprint density at radius 2 is 1.94 bits per heavy atom. The summed E-state index contributed by atoms with van der Waals surface area (Å²) in [6, 6.07) is 2.66. The molecule has 98 valence electrons. The van der Waals surface area contributed by atoms with Crippen molar-refractivity contribution >= 4 is 43.5 Å². The van der Waals surface area contributed by atoms with Crippen LogP contribution in [0.3, 0.4) is 0 Å². The molecule has 0 saturated carbocycles. The zero-order valence-corrected chi connectivity index (χ0v) is 12.2. The number of carbonyl (C=O) groups is 1. The average molecular weight is 383 g/mol. The van der Waals surface area contributed by atoms with Gasteiger partial charge in [-0.2, -0.15) is 0 Å². The average Bonchev–Trinajstić information content (AvgIpc) is 2.26. The van der Waals surface area contributed by atoms with Gasteiger partial charge >= 0.3 is 5.97 Å². The summed E-state index contributed by atoms with van der Waals surface area (Å²) in [7, 11) is 0. The smallest absolute Gasteiger partial charge is 0.303 e. The van der Waals surface area contributed by atoms with E-state index in [-0.39, 0.29) is 18.7 Å². The van der Waals surface area contributed by atoms with Gasteiger partial charge in [0.15, 0.2) is 0 Å². The van der Waals surface area contributed by atoms with Crippen LogP contribution in [0.1, 0.15) is 12.8 Å². The Hall–Kier alpha value is -1.15. The lowest BCUT2D eigenvalue weighted by Crippen LogP contribution is -2.03. The van der Waals surface area contributed by atoms with E-state index in [4.69, 9.17) is 9.84 Å². The molecule has 1 rings (SSSR count). The molecule has 0 bridgehead atoms. The predicted molar refractivity (Wildman–Crippen MR) is 70.9 cm³/mol. The van der Waals surface area contributed by atoms with Gasteiger partial charge in [-0.15, -0.1) is 0 Å². The zero-order chi connectivity index (χ0) is 13.7. The summed E-state index contributed by atoms with van der Waals surface area (Å²) < 4.78 is 6.26. The Labute approximate surface area is 119 Å². The first-order valence-corrected chi connectivity index (χ1v) is 6.48. The van der Waals surface area contributed by atoms with Crippen LogP contribution >= 0.6 is 31.9 Å². The molecule has 6 nitrogen and oxygen atoms in total. The second kappa shape index (κ2) is 6.69. The topological polar surface area (TPSA) is 89.7 Å². The first-order chi connectivity index (χ1) is 8.41. The molecular weight excluding hydrogens is 374 g/mol. The minimum absolute atomic E-state index is 0.0161. The first-order valence-electron chi connectivity index (χ1n) is 4.90. The number of aliphatic carboxylic acids is 1. The number of non-ortho nitro benzene ring substituents is 1. The molecule has 0 aliphatic heterocycles. The molecule has 0 atom stereocenters. The third-order valence-corrected chi connectivity index (χ3v) is 3.15. The first kappa shape index (κ1) is 14.9. The van der Waals surface area contributed by atoms with Gasteiger partial charge in [-0.25, -0.2) is 0 Å². The van der Waals surface area contributed by atoms with Crippen molar-refractivity contribution in [2.24, 2.45) is 0 Å². The van der Waals surface area contributed by atoms with Crippen molar-refractivity contribution in [3.8, 4) is 5.75 Å². The maximum Gasteiger partial charge on any atom is 0.303 e. The van der Waals surface area contributed by atoms with Crippen molar-refractivity contribution in [2.75, 3.05) is 6.61 Å². The lowest BCUT2D eigenvalue weighted by Gasteiger charge is -2.09. The highest BCUT2D eigenvalue weighted by Gasteiger charge is 2.15. The lowest BCUT2D eigenvalue weighted by molar-refractivity contribution is -0.385. The van der Waals surface area contributed by atoms with Crippen molar-refractivity contribution in [3.63, 3.8) is 0 Å². The summed E-state index contributed by atoms with van der Waals surface area (Å²) in [6.07, 6.45) is 0.382. The Bertz CT molecular complexity index is 454. The molecule has 0 radical (unpaired) electrons. The van der Waals surface area contributed by atoms with E-state index in [0.717, 1.165) is 0 Å². The molecule has 1 aromatic carbocycles. The summed E-state index contributed by atoms with van der Waals surface area (Å²) in [6.45, 7) is 0.224. The van der Waals surface area contributed by atoms with Crippen molar-refractivity contribution in [2.45, 2.75) is 12.8 Å². The van der Waals surface area contributed by atoms with Gasteiger partial charge < -0.3 is 9.84 Å². The maximum atomic E-state index is 10.6. The fourth-order valence-electron chi connectivity index (χ4n) is 1.19. The molecule has 0 amide bonds. The van der Waals surface area contributed by atoms with Crippen LogP contribution in [0.15, 0.2) is 21.1 Å². The summed E-state index contributed by atoms with van der Waals surface area (Å²) in [5, 5.41) is 19.1. The molecule has 0 aromatic heterocycles. The van der Waals surface area contributed by atoms with Crippen LogP contribution in [-0.2, 0) is 4.79 Å². The number of nitro benzene ring substituents is 1. The summed E-state index contributed by atoms with van der Waals surface area (Å²) >= 11 is 6.34. The van der Waals surface area contributed by atoms with Gasteiger partial charge in [0, 0.05) is 18.6 Å². The molecule has 0 fully saturated rings. The maximum absolute atomic E-state index is 10.6. The Morgan fingerprint density at radius 3 is 2.39 bits per heavy atom. The summed E-state index contributed by atoms with van der Waals surface area (Å²) in [5.74, 6) is -0.466. The highest BCUT2D eigenvalue weighted by atomic mass is 79.9. The van der Waals surface area contributed by atoms with Gasteiger partial charge in [-0.05, 0) is 38.3 Å². The number of hydrogen-bond acceptors (Lipinski definition) is 4. The van der Waals surface area contributed by atoms with E-state index in [0.29, 0.717) is 21.1 Å². The van der Waals surface area contributed by atoms with Crippen molar-refractivity contribution in [1.82, 2.24) is 0 Å². The molecule has 0 unspecified atom stereocenters. The zero-order valence-electron chi connectivity index (χ0n) is 9.06. The molecule has 8 heteroatoms. The summed E-state index contributed by atoms with van der Waals surface area (Å²) in [4.78, 5) is 20.4. The Kier molecular flexibility index (Phi) is 5.54. The SMILES string of the molecule is O=C(O)CCCOc1c(Br)cc([N+](=O)[O-])cc1Br. The molecule has 1 N–H and O–H groups in total. The van der Waals surface area contributed by atoms with Gasteiger partial charge in [0.2, 0.25) is 0 Å². The van der Waals surface area contributed by atoms with Gasteiger partial charge in [-0.1, -0.05) is 0 Å². The number of nitrogens with zero attached hydrogens (tertiary/aromatic N) is 1. The number of carboxylic acid groups (broad SMARTS) is 1. The molecule has 0 aliphatic carbocycles. The normalized spacial score (nSPS) is 10.1. The number of rotatable bonds is 6. The molecule has 0 saturated heterocycles. The largest absolute Gasteiger partial charge is 0.491 e. The lowest BCUT2D eigenvalue weighted by atomic mass is 10.3. The second-order valence-corrected chi connectivity index (χ2v) is 5.05. The van der Waals surface area contributed by atoms with E-state index < -0.39 is 10.9 Å². The van der Waals surface area contributed by atoms with Crippen molar-refractivity contribution < 1.29 is 19.6 Å². The molecule has 18 heavy (non-hydrogen) atoms. The van der Waals surface area contributed by atoms with Crippen LogP contribution in [0.2, 0.25) is 0 Å². The number of benzene rings is 1. The third-order valence-electron chi connectivity index (χ3n) is 1.98. The molecule has 0 aliphatic rings. The van der Waals surface area contributed by atoms with Crippen LogP contribution in [0.25, 0.3) is 0 Å². The highest BCUT2D eigenvalue weighted by molar-refractivity contribution is 9.11. The number of ether oxygens (including phenoxy) is 1. The fraction of sp³-hybridized carbons (Fsp3) is 0.300. The highest BCUT2D eigenvalue weighted by Crippen LogP contribution is 2.37. The van der Waals surface area contributed by atoms with E-state index in [2.05, 4.69) is 31.9 Å². The minimum atomic E-state index is -0.888. The molecule has 0 heterocycles. The van der Waals surface area contributed by atoms with E-state index >= 15 is 0 Å². The van der Waals surface area contributed by atoms with E-state index in [9.17, 15) is 14.9 Å². The molecule has 1 aromatic rings. The minimum Gasteiger partial charge on any atom is -0.491 e. The van der Waals surface area contributed by atoms with Crippen molar-refractivity contribution in [1.29, 1.82) is 0 Å². The van der Waals surface area contributed by atoms with E-state index in [1.807, 2.05) is 0 Å². The monoisotopic (exact) mass is 381 g/mol. The summed E-state index contributed by atoms with van der Waals surface area (Å²) in [5.41, 5.74) is -0.0633. The van der Waals surface area contributed by atoms with Gasteiger partial charge in [-0.3, -0.25) is 14.9 Å². The van der Waals surface area contributed by atoms with Crippen molar-refractivity contribution in [3.05, 3.63) is 31.2 Å². The Balaban J connectivity index is 2.72. The fourth-order valence-corrected chi connectivity index (χ4v) is 2.58.